The fourth-order valence-electron chi connectivity index (χ4n) is 0.783. The molecule has 1 heterocycles. The van der Waals surface area contributed by atoms with Gasteiger partial charge in [-0.05, 0) is 19.1 Å². The summed E-state index contributed by atoms with van der Waals surface area (Å²) in [5.74, 6) is 0. The van der Waals surface area contributed by atoms with Crippen molar-refractivity contribution in [2.75, 3.05) is 0 Å². The van der Waals surface area contributed by atoms with Gasteiger partial charge in [-0.3, -0.25) is 10.7 Å². The molecule has 0 spiro atoms. The second-order valence-electron chi connectivity index (χ2n) is 2.41. The average Bonchev–Trinajstić information content (AvgIpc) is 2.20. The monoisotopic (exact) mass is 424 g/mol. The van der Waals surface area contributed by atoms with Gasteiger partial charge in [0.15, 0.2) is 17.3 Å². The van der Waals surface area contributed by atoms with Gasteiger partial charge in [-0.1, -0.05) is 6.07 Å². The van der Waals surface area contributed by atoms with Crippen LogP contribution in [-0.4, -0.2) is 16.3 Å². The van der Waals surface area contributed by atoms with Crippen molar-refractivity contribution in [3.63, 3.8) is 0 Å². The second-order valence-corrected chi connectivity index (χ2v) is 2.86. The quantitative estimate of drug-likeness (QED) is 0.254. The maximum absolute atomic E-state index is 5.17. The van der Waals surface area contributed by atoms with Gasteiger partial charge >= 0.3 is 28.2 Å². The summed E-state index contributed by atoms with van der Waals surface area (Å²) in [7, 11) is 4.61. The van der Waals surface area contributed by atoms with Gasteiger partial charge in [-0.15, -0.1) is 0 Å². The fraction of sp³-hybridized carbons (Fsp3) is 0.125. The molecule has 0 aliphatic heterocycles. The molecule has 4 nitrogen and oxygen atoms in total. The molecule has 1 aromatic rings. The number of aryl methyl sites for hydroxylation is 1. The predicted molar refractivity (Wildman–Crippen MR) is 63.7 cm³/mol. The molecule has 1 aromatic heterocycles. The number of aromatic nitrogens is 1. The van der Waals surface area contributed by atoms with Crippen LogP contribution in [0.15, 0.2) is 23.3 Å². The van der Waals surface area contributed by atoms with Gasteiger partial charge in [0.25, 0.3) is 0 Å². The first-order valence-corrected chi connectivity index (χ1v) is 7.06. The van der Waals surface area contributed by atoms with Crippen LogP contribution in [0.25, 0.3) is 5.43 Å². The molecule has 0 bridgehead atoms. The summed E-state index contributed by atoms with van der Waals surface area (Å²) >= 11 is 5.37. The standard InChI is InChI=1S/C8H10N4S.ClH.Pt/c1-6-3-2-4-7(11-6)5-10-12-8(9)13;;/h2-5H,1H3,(H3,9,11,12,13);1H;/q;;+1/p-1. The third-order valence-corrected chi connectivity index (χ3v) is 1.35. The number of rotatable bonds is 2. The van der Waals surface area contributed by atoms with Crippen molar-refractivity contribution in [2.45, 2.75) is 6.92 Å². The summed E-state index contributed by atoms with van der Waals surface area (Å²) in [5, 5.41) is 3.81. The zero-order valence-corrected chi connectivity index (χ0v) is 11.8. The molecule has 2 N–H and O–H groups in total. The van der Waals surface area contributed by atoms with E-state index in [1.54, 1.807) is 18.8 Å². The van der Waals surface area contributed by atoms with Gasteiger partial charge in [0, 0.05) is 11.9 Å². The summed E-state index contributed by atoms with van der Waals surface area (Å²) in [4.78, 5) is 4.19. The fourth-order valence-corrected chi connectivity index (χ4v) is 0.835. The van der Waals surface area contributed by atoms with Crippen molar-refractivity contribution in [3.05, 3.63) is 35.0 Å². The Bertz CT molecular complexity index is 345. The number of halogens is 1. The summed E-state index contributed by atoms with van der Waals surface area (Å²) in [5.41, 5.74) is 10.4. The number of nitrogens with zero attached hydrogens (tertiary/aromatic N) is 3. The van der Waals surface area contributed by atoms with Crippen LogP contribution in [0.4, 0.5) is 0 Å². The van der Waals surface area contributed by atoms with E-state index in [0.29, 0.717) is 0 Å². The van der Waals surface area contributed by atoms with Crippen LogP contribution < -0.4 is 5.73 Å². The zero-order valence-electron chi connectivity index (χ0n) is 7.87. The van der Waals surface area contributed by atoms with Crippen LogP contribution in [0, 0.1) is 6.92 Å². The minimum absolute atomic E-state index is 0.129. The van der Waals surface area contributed by atoms with E-state index in [9.17, 15) is 0 Å². The van der Waals surface area contributed by atoms with Crippen LogP contribution in [0.1, 0.15) is 11.4 Å². The number of thiol groups is 1. The summed E-state index contributed by atoms with van der Waals surface area (Å²) < 4.78 is 0. The van der Waals surface area contributed by atoms with E-state index < -0.39 is 0 Å². The molecule has 15 heavy (non-hydrogen) atoms. The zero-order chi connectivity index (χ0) is 11.7. The average molecular weight is 425 g/mol. The maximum atomic E-state index is 5.17. The molecule has 0 aliphatic rings. The van der Waals surface area contributed by atoms with E-state index in [4.69, 9.17) is 5.73 Å². The van der Waals surface area contributed by atoms with E-state index >= 15 is 0 Å². The Hall–Kier alpha value is -0.352. The van der Waals surface area contributed by atoms with Crippen LogP contribution in [0.5, 0.6) is 0 Å². The first-order valence-electron chi connectivity index (χ1n) is 3.79. The molecule has 85 valence electrons. The summed E-state index contributed by atoms with van der Waals surface area (Å²) in [6.45, 7) is 1.91. The normalized spacial score (nSPS) is 9.40. The van der Waals surface area contributed by atoms with Crippen molar-refractivity contribution < 1.29 is 18.8 Å². The van der Waals surface area contributed by atoms with Crippen molar-refractivity contribution in [1.82, 2.24) is 4.98 Å². The van der Waals surface area contributed by atoms with Crippen LogP contribution in [0.2, 0.25) is 0 Å². The first kappa shape index (κ1) is 14.6. The topological polar surface area (TPSA) is 65.4 Å². The Kier molecular flexibility index (Phi) is 8.71. The summed E-state index contributed by atoms with van der Waals surface area (Å²) in [6, 6.07) is 5.64. The molecule has 0 aromatic carbocycles. The molecule has 0 aliphatic carbocycles. The van der Waals surface area contributed by atoms with Crippen molar-refractivity contribution in [2.24, 2.45) is 10.8 Å². The Balaban J connectivity index is 0.000000921. The number of hydrogen-bond acceptors (Lipinski definition) is 2. The molecule has 0 saturated carbocycles. The second kappa shape index (κ2) is 8.92. The summed E-state index contributed by atoms with van der Waals surface area (Å²) in [6.07, 6.45) is 1.52. The van der Waals surface area contributed by atoms with E-state index in [-0.39, 0.29) is 5.11 Å². The van der Waals surface area contributed by atoms with Gasteiger partial charge in [-0.25, -0.2) is 0 Å². The molecule has 0 unspecified atom stereocenters. The molecule has 0 amide bonds. The van der Waals surface area contributed by atoms with E-state index in [1.165, 1.54) is 6.21 Å². The Labute approximate surface area is 109 Å². The molecular formula is C8H10ClN4PtS. The van der Waals surface area contributed by atoms with Crippen molar-refractivity contribution >= 4 is 33.0 Å². The van der Waals surface area contributed by atoms with Crippen LogP contribution in [-0.2, 0) is 31.0 Å². The third kappa shape index (κ3) is 7.56. The van der Waals surface area contributed by atoms with Gasteiger partial charge in [0.05, 0.1) is 5.69 Å². The Morgan fingerprint density at radius 2 is 2.33 bits per heavy atom. The first-order chi connectivity index (χ1) is 7.18. The number of pyridine rings is 1. The van der Waals surface area contributed by atoms with Gasteiger partial charge in [0.1, 0.15) is 0 Å². The molecule has 7 heteroatoms. The van der Waals surface area contributed by atoms with Gasteiger partial charge in [-0.2, -0.15) is 0 Å². The van der Waals surface area contributed by atoms with Crippen LogP contribution >= 0.6 is 9.42 Å². The molecule has 1 rings (SSSR count). The SMILES string of the molecule is Cc1cccc(C=N[N-]C(N)=[SH+])n1.[Cl][Pt]. The van der Waals surface area contributed by atoms with E-state index in [0.717, 1.165) is 11.4 Å². The number of nitrogens with two attached hydrogens (primary N) is 1. The van der Waals surface area contributed by atoms with E-state index in [1.807, 2.05) is 25.1 Å². The molecule has 0 fully saturated rings. The van der Waals surface area contributed by atoms with E-state index in [2.05, 4.69) is 37.1 Å². The van der Waals surface area contributed by atoms with Gasteiger partial charge in [0.2, 0.25) is 0 Å². The molecule has 0 radical (unpaired) electrons. The van der Waals surface area contributed by atoms with Crippen molar-refractivity contribution in [3.8, 4) is 0 Å². The Morgan fingerprint density at radius 3 is 2.87 bits per heavy atom. The Morgan fingerprint density at radius 1 is 1.67 bits per heavy atom. The predicted octanol–water partition coefficient (Wildman–Crippen LogP) is 1.11. The third-order valence-electron chi connectivity index (χ3n) is 1.26. The number of hydrogen-bond donors (Lipinski definition) is 1. The minimum atomic E-state index is 0.129. The van der Waals surface area contributed by atoms with Crippen molar-refractivity contribution in [1.29, 1.82) is 0 Å². The van der Waals surface area contributed by atoms with Crippen LogP contribution in [0.3, 0.4) is 0 Å². The molecular weight excluding hydrogens is 415 g/mol. The molecule has 0 saturated heterocycles. The molecule has 0 atom stereocenters. The van der Waals surface area contributed by atoms with Gasteiger partial charge < -0.3 is 10.5 Å².